The van der Waals surface area contributed by atoms with E-state index in [0.29, 0.717) is 27.3 Å². The van der Waals surface area contributed by atoms with Gasteiger partial charge in [-0.3, -0.25) is 4.79 Å². The van der Waals surface area contributed by atoms with E-state index in [-0.39, 0.29) is 11.5 Å². The molecule has 0 spiro atoms. The minimum Gasteiger partial charge on any atom is -0.618 e. The molecule has 0 aromatic heterocycles. The minimum atomic E-state index is -0.235. The van der Waals surface area contributed by atoms with Crippen LogP contribution in [0.5, 0.6) is 5.75 Å². The number of benzene rings is 2. The minimum absolute atomic E-state index is 0.146. The Labute approximate surface area is 116 Å². The molecule has 0 saturated carbocycles. The van der Waals surface area contributed by atoms with Crippen LogP contribution < -0.4 is 4.74 Å². The molecule has 4 heteroatoms. The molecule has 0 saturated heterocycles. The van der Waals surface area contributed by atoms with Crippen molar-refractivity contribution in [2.75, 3.05) is 7.11 Å². The third-order valence-corrected chi connectivity index (χ3v) is 3.46. The number of methoxy groups -OCH3 is 1. The maximum atomic E-state index is 12.5. The lowest BCUT2D eigenvalue weighted by atomic mass is 9.99. The summed E-state index contributed by atoms with van der Waals surface area (Å²) in [6.45, 7) is 1.83. The number of carbonyl (C=O) groups excluding carboxylic acids is 1. The third kappa shape index (κ3) is 1.69. The van der Waals surface area contributed by atoms with Crippen LogP contribution in [0.25, 0.3) is 0 Å². The quantitative estimate of drug-likeness (QED) is 0.621. The summed E-state index contributed by atoms with van der Waals surface area (Å²) in [7, 11) is 1.55. The summed E-state index contributed by atoms with van der Waals surface area (Å²) in [4.78, 5) is 12.5. The summed E-state index contributed by atoms with van der Waals surface area (Å²) in [5, 5.41) is 12.4. The summed E-state index contributed by atoms with van der Waals surface area (Å²) < 4.78 is 5.85. The van der Waals surface area contributed by atoms with Crippen LogP contribution in [-0.2, 0) is 0 Å². The highest BCUT2D eigenvalue weighted by atomic mass is 16.5. The van der Waals surface area contributed by atoms with Crippen molar-refractivity contribution in [1.29, 1.82) is 0 Å². The predicted octanol–water partition coefficient (Wildman–Crippen LogP) is 2.83. The molecule has 0 amide bonds. The molecule has 1 heterocycles. The molecule has 4 nitrogen and oxygen atoms in total. The fourth-order valence-electron chi connectivity index (χ4n) is 2.47. The van der Waals surface area contributed by atoms with Crippen LogP contribution in [0.4, 0.5) is 5.69 Å². The Bertz CT molecular complexity index is 747. The molecule has 0 radical (unpaired) electrons. The Morgan fingerprint density at radius 2 is 1.90 bits per heavy atom. The highest BCUT2D eigenvalue weighted by Gasteiger charge is 2.37. The number of ether oxygens (including phenoxy) is 1. The van der Waals surface area contributed by atoms with Crippen molar-refractivity contribution in [1.82, 2.24) is 0 Å². The Morgan fingerprint density at radius 1 is 1.15 bits per heavy atom. The third-order valence-electron chi connectivity index (χ3n) is 3.46. The number of Topliss-reactive ketones (excluding diaryl/α,β-unsaturated/α-hetero) is 1. The number of carbonyl (C=O) groups is 1. The fourth-order valence-corrected chi connectivity index (χ4v) is 2.47. The number of nitrogens with zero attached hydrogens (tertiary/aromatic N) is 1. The van der Waals surface area contributed by atoms with Crippen molar-refractivity contribution in [2.24, 2.45) is 0 Å². The molecular formula is C16H13NO3. The van der Waals surface area contributed by atoms with Crippen LogP contribution >= 0.6 is 0 Å². The zero-order valence-electron chi connectivity index (χ0n) is 11.2. The van der Waals surface area contributed by atoms with Gasteiger partial charge in [0.2, 0.25) is 5.69 Å². The van der Waals surface area contributed by atoms with Crippen molar-refractivity contribution >= 4 is 17.2 Å². The first-order valence-electron chi connectivity index (χ1n) is 6.26. The molecular weight excluding hydrogens is 254 g/mol. The van der Waals surface area contributed by atoms with Crippen LogP contribution in [0.2, 0.25) is 0 Å². The van der Waals surface area contributed by atoms with Crippen LogP contribution in [0.3, 0.4) is 0 Å². The van der Waals surface area contributed by atoms with Gasteiger partial charge in [0.05, 0.1) is 12.7 Å². The highest BCUT2D eigenvalue weighted by molar-refractivity contribution is 6.52. The van der Waals surface area contributed by atoms with Crippen molar-refractivity contribution in [3.05, 3.63) is 64.4 Å². The Balaban J connectivity index is 2.19. The average Bonchev–Trinajstić information content (AvgIpc) is 2.72. The fraction of sp³-hybridized carbons (Fsp3) is 0.125. The summed E-state index contributed by atoms with van der Waals surface area (Å²) in [6, 6.07) is 12.2. The lowest BCUT2D eigenvalue weighted by Crippen LogP contribution is -2.17. The van der Waals surface area contributed by atoms with Crippen LogP contribution in [0.15, 0.2) is 42.5 Å². The van der Waals surface area contributed by atoms with Crippen molar-refractivity contribution in [3.63, 3.8) is 0 Å². The molecule has 0 aliphatic carbocycles. The first kappa shape index (κ1) is 12.4. The number of aryl methyl sites for hydroxylation is 1. The van der Waals surface area contributed by atoms with Gasteiger partial charge in [-0.1, -0.05) is 18.2 Å². The van der Waals surface area contributed by atoms with Crippen LogP contribution in [0.1, 0.15) is 21.5 Å². The summed E-state index contributed by atoms with van der Waals surface area (Å²) >= 11 is 0. The largest absolute Gasteiger partial charge is 0.618 e. The van der Waals surface area contributed by atoms with Crippen molar-refractivity contribution < 1.29 is 14.3 Å². The van der Waals surface area contributed by atoms with Crippen LogP contribution in [-0.4, -0.2) is 23.3 Å². The van der Waals surface area contributed by atoms with E-state index in [1.54, 1.807) is 43.5 Å². The van der Waals surface area contributed by atoms with Gasteiger partial charge in [0.1, 0.15) is 11.3 Å². The van der Waals surface area contributed by atoms with Gasteiger partial charge < -0.3 is 9.94 Å². The second-order valence-corrected chi connectivity index (χ2v) is 4.67. The van der Waals surface area contributed by atoms with E-state index in [4.69, 9.17) is 4.74 Å². The SMILES string of the molecule is COc1cccc(C2=[N+]([O-])c3cccc(C)c3C2=O)c1. The van der Waals surface area contributed by atoms with Gasteiger partial charge >= 0.3 is 0 Å². The first-order chi connectivity index (χ1) is 9.63. The molecule has 0 fully saturated rings. The molecule has 0 bridgehead atoms. The summed E-state index contributed by atoms with van der Waals surface area (Å²) in [5.74, 6) is 0.380. The molecule has 2 aromatic rings. The monoisotopic (exact) mass is 267 g/mol. The number of hydrogen-bond donors (Lipinski definition) is 0. The Morgan fingerprint density at radius 3 is 2.60 bits per heavy atom. The molecule has 0 N–H and O–H groups in total. The zero-order valence-corrected chi connectivity index (χ0v) is 11.2. The molecule has 2 aromatic carbocycles. The number of fused-ring (bicyclic) bond motifs is 1. The van der Waals surface area contributed by atoms with E-state index in [9.17, 15) is 10.0 Å². The van der Waals surface area contributed by atoms with E-state index in [2.05, 4.69) is 0 Å². The number of ketones is 1. The molecule has 1 aliphatic heterocycles. The maximum Gasteiger partial charge on any atom is 0.273 e. The number of rotatable bonds is 2. The Hall–Kier alpha value is -2.62. The topological polar surface area (TPSA) is 52.4 Å². The summed E-state index contributed by atoms with van der Waals surface area (Å²) in [5.41, 5.74) is 2.42. The van der Waals surface area contributed by atoms with Gasteiger partial charge in [-0.2, -0.15) is 4.74 Å². The molecule has 3 rings (SSSR count). The molecule has 0 atom stereocenters. The van der Waals surface area contributed by atoms with E-state index in [1.807, 2.05) is 13.0 Å². The smallest absolute Gasteiger partial charge is 0.273 e. The van der Waals surface area contributed by atoms with Crippen molar-refractivity contribution in [2.45, 2.75) is 6.92 Å². The van der Waals surface area contributed by atoms with E-state index < -0.39 is 0 Å². The lowest BCUT2D eigenvalue weighted by Gasteiger charge is -2.04. The van der Waals surface area contributed by atoms with Gasteiger partial charge in [-0.25, -0.2) is 0 Å². The molecule has 1 aliphatic rings. The van der Waals surface area contributed by atoms with E-state index in [1.165, 1.54) is 0 Å². The first-order valence-corrected chi connectivity index (χ1v) is 6.26. The number of hydrogen-bond acceptors (Lipinski definition) is 3. The Kier molecular flexibility index (Phi) is 2.79. The standard InChI is InChI=1S/C16H13NO3/c1-10-5-3-8-13-14(10)16(18)15(17(13)19)11-6-4-7-12(9-11)20-2/h3-9H,1-2H3. The maximum absolute atomic E-state index is 12.5. The van der Waals surface area contributed by atoms with Gasteiger partial charge in [0.15, 0.2) is 0 Å². The highest BCUT2D eigenvalue weighted by Crippen LogP contribution is 2.30. The normalized spacial score (nSPS) is 13.6. The van der Waals surface area contributed by atoms with E-state index >= 15 is 0 Å². The van der Waals surface area contributed by atoms with E-state index in [0.717, 1.165) is 5.56 Å². The second kappa shape index (κ2) is 4.49. The molecule has 20 heavy (non-hydrogen) atoms. The molecule has 0 unspecified atom stereocenters. The van der Waals surface area contributed by atoms with Crippen LogP contribution in [0, 0.1) is 12.1 Å². The van der Waals surface area contributed by atoms with Crippen molar-refractivity contribution in [3.8, 4) is 5.75 Å². The summed E-state index contributed by atoms with van der Waals surface area (Å²) in [6.07, 6.45) is 0. The zero-order chi connectivity index (χ0) is 14.3. The van der Waals surface area contributed by atoms with Gasteiger partial charge in [0.25, 0.3) is 11.5 Å². The molecule has 100 valence electrons. The van der Waals surface area contributed by atoms with Gasteiger partial charge in [-0.15, -0.1) is 0 Å². The van der Waals surface area contributed by atoms with Gasteiger partial charge in [-0.05, 0) is 30.7 Å². The lowest BCUT2D eigenvalue weighted by molar-refractivity contribution is -0.355. The average molecular weight is 267 g/mol. The van der Waals surface area contributed by atoms with Gasteiger partial charge in [0, 0.05) is 6.07 Å². The predicted molar refractivity (Wildman–Crippen MR) is 75.9 cm³/mol. The second-order valence-electron chi connectivity index (χ2n) is 4.67.